The molecule has 2 aliphatic rings. The molecule has 136 valence electrons. The second kappa shape index (κ2) is 10.7. The van der Waals surface area contributed by atoms with E-state index in [0.717, 1.165) is 30.4 Å². The molecular formula is C18H37IN4. The Morgan fingerprint density at radius 1 is 1.17 bits per heavy atom. The summed E-state index contributed by atoms with van der Waals surface area (Å²) in [6.45, 7) is 10.5. The predicted molar refractivity (Wildman–Crippen MR) is 111 cm³/mol. The summed E-state index contributed by atoms with van der Waals surface area (Å²) >= 11 is 0. The lowest BCUT2D eigenvalue weighted by Crippen LogP contribution is -2.44. The van der Waals surface area contributed by atoms with Gasteiger partial charge in [-0.2, -0.15) is 0 Å². The molecule has 0 radical (unpaired) electrons. The summed E-state index contributed by atoms with van der Waals surface area (Å²) in [6, 6.07) is 1.42. The van der Waals surface area contributed by atoms with Crippen LogP contribution in [0.3, 0.4) is 0 Å². The molecule has 1 heterocycles. The van der Waals surface area contributed by atoms with Crippen LogP contribution in [0.15, 0.2) is 4.99 Å². The minimum absolute atomic E-state index is 0. The van der Waals surface area contributed by atoms with Crippen LogP contribution in [-0.2, 0) is 0 Å². The van der Waals surface area contributed by atoms with E-state index in [9.17, 15) is 0 Å². The van der Waals surface area contributed by atoms with Crippen LogP contribution < -0.4 is 10.6 Å². The highest BCUT2D eigenvalue weighted by atomic mass is 127. The molecule has 0 amide bonds. The molecule has 0 spiro atoms. The molecule has 0 aromatic rings. The lowest BCUT2D eigenvalue weighted by molar-refractivity contribution is 0.314. The average Bonchev–Trinajstić information content (AvgIpc) is 3.22. The van der Waals surface area contributed by atoms with Crippen molar-refractivity contribution in [3.63, 3.8) is 0 Å². The van der Waals surface area contributed by atoms with Gasteiger partial charge in [-0.15, -0.1) is 24.0 Å². The van der Waals surface area contributed by atoms with Gasteiger partial charge in [0, 0.05) is 32.2 Å². The zero-order valence-electron chi connectivity index (χ0n) is 15.5. The number of aliphatic imine (C=N–C) groups is 1. The topological polar surface area (TPSA) is 39.7 Å². The third-order valence-corrected chi connectivity index (χ3v) is 4.96. The number of rotatable bonds is 8. The van der Waals surface area contributed by atoms with E-state index in [1.807, 2.05) is 7.05 Å². The Bertz CT molecular complexity index is 355. The predicted octanol–water partition coefficient (Wildman–Crippen LogP) is 3.47. The fourth-order valence-electron chi connectivity index (χ4n) is 3.37. The molecule has 1 aliphatic carbocycles. The summed E-state index contributed by atoms with van der Waals surface area (Å²) in [4.78, 5) is 7.06. The van der Waals surface area contributed by atoms with Crippen molar-refractivity contribution in [2.45, 2.75) is 71.4 Å². The van der Waals surface area contributed by atoms with Gasteiger partial charge < -0.3 is 15.5 Å². The first kappa shape index (κ1) is 21.0. The van der Waals surface area contributed by atoms with E-state index in [4.69, 9.17) is 0 Å². The second-order valence-electron chi connectivity index (χ2n) is 7.70. The number of hydrogen-bond donors (Lipinski definition) is 2. The van der Waals surface area contributed by atoms with Gasteiger partial charge in [0.2, 0.25) is 0 Å². The molecule has 2 atom stereocenters. The van der Waals surface area contributed by atoms with Crippen LogP contribution in [0.2, 0.25) is 0 Å². The van der Waals surface area contributed by atoms with E-state index in [1.165, 1.54) is 51.6 Å². The fraction of sp³-hybridized carbons (Fsp3) is 0.944. The van der Waals surface area contributed by atoms with E-state index in [2.05, 4.69) is 41.3 Å². The third-order valence-electron chi connectivity index (χ3n) is 4.96. The molecule has 23 heavy (non-hydrogen) atoms. The number of nitrogens with one attached hydrogen (secondary N) is 2. The summed E-state index contributed by atoms with van der Waals surface area (Å²) in [5.74, 6) is 2.57. The van der Waals surface area contributed by atoms with E-state index in [-0.39, 0.29) is 24.0 Å². The SMILES string of the molecule is CN=C(NCC1CCN(C2CC2)C1)NC(C)CCCC(C)C.I. The zero-order chi connectivity index (χ0) is 15.9. The normalized spacial score (nSPS) is 23.7. The van der Waals surface area contributed by atoms with Gasteiger partial charge in [0.15, 0.2) is 5.96 Å². The summed E-state index contributed by atoms with van der Waals surface area (Å²) in [6.07, 6.45) is 8.02. The Morgan fingerprint density at radius 3 is 2.52 bits per heavy atom. The van der Waals surface area contributed by atoms with E-state index in [1.54, 1.807) is 0 Å². The Kier molecular flexibility index (Phi) is 9.82. The van der Waals surface area contributed by atoms with E-state index < -0.39 is 0 Å². The van der Waals surface area contributed by atoms with Crippen LogP contribution >= 0.6 is 24.0 Å². The number of nitrogens with zero attached hydrogens (tertiary/aromatic N) is 2. The third kappa shape index (κ3) is 8.05. The molecule has 1 aliphatic heterocycles. The Labute approximate surface area is 160 Å². The van der Waals surface area contributed by atoms with Crippen molar-refractivity contribution in [2.75, 3.05) is 26.7 Å². The molecule has 1 saturated heterocycles. The molecule has 2 fully saturated rings. The maximum Gasteiger partial charge on any atom is 0.191 e. The molecule has 0 aromatic heterocycles. The number of guanidine groups is 1. The van der Waals surface area contributed by atoms with Crippen LogP contribution in [0.5, 0.6) is 0 Å². The highest BCUT2D eigenvalue weighted by Crippen LogP contribution is 2.31. The second-order valence-corrected chi connectivity index (χ2v) is 7.70. The van der Waals surface area contributed by atoms with Gasteiger partial charge in [-0.3, -0.25) is 4.99 Å². The maximum atomic E-state index is 4.38. The number of likely N-dealkylation sites (tertiary alicyclic amines) is 1. The molecular weight excluding hydrogens is 399 g/mol. The van der Waals surface area contributed by atoms with Crippen molar-refractivity contribution in [2.24, 2.45) is 16.8 Å². The van der Waals surface area contributed by atoms with Gasteiger partial charge in [-0.05, 0) is 51.0 Å². The lowest BCUT2D eigenvalue weighted by Gasteiger charge is -2.20. The quantitative estimate of drug-likeness (QED) is 0.348. The van der Waals surface area contributed by atoms with Crippen LogP contribution in [0.1, 0.15) is 59.3 Å². The summed E-state index contributed by atoms with van der Waals surface area (Å²) in [5, 5.41) is 7.07. The van der Waals surface area contributed by atoms with Gasteiger partial charge in [0.05, 0.1) is 0 Å². The minimum Gasteiger partial charge on any atom is -0.356 e. The first-order valence-corrected chi connectivity index (χ1v) is 9.29. The number of halogens is 1. The average molecular weight is 436 g/mol. The summed E-state index contributed by atoms with van der Waals surface area (Å²) < 4.78 is 0. The van der Waals surface area contributed by atoms with Gasteiger partial charge in [0.25, 0.3) is 0 Å². The summed E-state index contributed by atoms with van der Waals surface area (Å²) in [5.41, 5.74) is 0. The minimum atomic E-state index is 0. The van der Waals surface area contributed by atoms with E-state index >= 15 is 0 Å². The van der Waals surface area contributed by atoms with Crippen LogP contribution in [0, 0.1) is 11.8 Å². The largest absolute Gasteiger partial charge is 0.356 e. The van der Waals surface area contributed by atoms with Crippen LogP contribution in [0.4, 0.5) is 0 Å². The molecule has 4 nitrogen and oxygen atoms in total. The molecule has 2 unspecified atom stereocenters. The van der Waals surface area contributed by atoms with Crippen molar-refractivity contribution in [1.29, 1.82) is 0 Å². The molecule has 2 N–H and O–H groups in total. The molecule has 1 saturated carbocycles. The Hall–Kier alpha value is -0.0400. The molecule has 0 bridgehead atoms. The Balaban J connectivity index is 0.00000264. The maximum absolute atomic E-state index is 4.38. The molecule has 0 aromatic carbocycles. The highest BCUT2D eigenvalue weighted by Gasteiger charge is 2.34. The lowest BCUT2D eigenvalue weighted by atomic mass is 10.0. The fourth-order valence-corrected chi connectivity index (χ4v) is 3.37. The first-order valence-electron chi connectivity index (χ1n) is 9.29. The van der Waals surface area contributed by atoms with E-state index in [0.29, 0.717) is 6.04 Å². The first-order chi connectivity index (χ1) is 10.6. The van der Waals surface area contributed by atoms with Gasteiger partial charge in [0.1, 0.15) is 0 Å². The Morgan fingerprint density at radius 2 is 1.91 bits per heavy atom. The standard InChI is InChI=1S/C18H36N4.HI/c1-14(2)6-5-7-15(3)21-18(19-4)20-12-16-10-11-22(13-16)17-8-9-17;/h14-17H,5-13H2,1-4H3,(H2,19,20,21);1H. The van der Waals surface area contributed by atoms with Gasteiger partial charge in [-0.1, -0.05) is 26.7 Å². The van der Waals surface area contributed by atoms with Gasteiger partial charge >= 0.3 is 0 Å². The van der Waals surface area contributed by atoms with Crippen molar-refractivity contribution in [1.82, 2.24) is 15.5 Å². The number of hydrogen-bond acceptors (Lipinski definition) is 2. The van der Waals surface area contributed by atoms with Gasteiger partial charge in [-0.25, -0.2) is 0 Å². The molecule has 2 rings (SSSR count). The van der Waals surface area contributed by atoms with Crippen LogP contribution in [0.25, 0.3) is 0 Å². The van der Waals surface area contributed by atoms with Crippen molar-refractivity contribution in [3.05, 3.63) is 0 Å². The monoisotopic (exact) mass is 436 g/mol. The van der Waals surface area contributed by atoms with Crippen molar-refractivity contribution >= 4 is 29.9 Å². The zero-order valence-corrected chi connectivity index (χ0v) is 17.8. The molecule has 5 heteroatoms. The van der Waals surface area contributed by atoms with Crippen molar-refractivity contribution < 1.29 is 0 Å². The van der Waals surface area contributed by atoms with Crippen LogP contribution in [-0.4, -0.2) is 49.6 Å². The van der Waals surface area contributed by atoms with Crippen molar-refractivity contribution in [3.8, 4) is 0 Å². The summed E-state index contributed by atoms with van der Waals surface area (Å²) in [7, 11) is 1.88. The highest BCUT2D eigenvalue weighted by molar-refractivity contribution is 14.0. The smallest absolute Gasteiger partial charge is 0.191 e.